The maximum Gasteiger partial charge on any atom is 0.00940 e. The summed E-state index contributed by atoms with van der Waals surface area (Å²) in [5.74, 6) is 0. The van der Waals surface area contributed by atoms with Crippen LogP contribution in [-0.2, 0) is 0 Å². The molecule has 2 nitrogen and oxygen atoms in total. The fourth-order valence-corrected chi connectivity index (χ4v) is 3.51. The minimum absolute atomic E-state index is 0.718. The van der Waals surface area contributed by atoms with E-state index in [0.29, 0.717) is 0 Å². The van der Waals surface area contributed by atoms with Crippen molar-refractivity contribution in [2.24, 2.45) is 0 Å². The van der Waals surface area contributed by atoms with Crippen LogP contribution in [0.5, 0.6) is 0 Å². The molecule has 21 heavy (non-hydrogen) atoms. The molecule has 1 rings (SSSR count). The fraction of sp³-hybridized carbons (Fsp3) is 1.00. The molecule has 0 radical (unpaired) electrons. The van der Waals surface area contributed by atoms with Gasteiger partial charge >= 0.3 is 0 Å². The van der Waals surface area contributed by atoms with Gasteiger partial charge in [-0.3, -0.25) is 0 Å². The minimum atomic E-state index is 0.718. The van der Waals surface area contributed by atoms with E-state index in [1.807, 2.05) is 0 Å². The Bertz CT molecular complexity index is 222. The first-order valence-corrected chi connectivity index (χ1v) is 9.67. The number of nitrogens with zero attached hydrogens (tertiary/aromatic N) is 1. The molecule has 2 heteroatoms. The number of rotatable bonds is 11. The molecule has 0 aliphatic carbocycles. The first-order chi connectivity index (χ1) is 10.2. The molecule has 1 aliphatic heterocycles. The van der Waals surface area contributed by atoms with Crippen molar-refractivity contribution in [2.45, 2.75) is 110 Å². The molecule has 0 aromatic carbocycles. The number of likely N-dealkylation sites (tertiary alicyclic amines) is 1. The minimum Gasteiger partial charge on any atom is -0.311 e. The maximum atomic E-state index is 4.01. The zero-order valence-electron chi connectivity index (χ0n) is 15.2. The van der Waals surface area contributed by atoms with Crippen molar-refractivity contribution in [3.63, 3.8) is 0 Å². The molecule has 1 aliphatic rings. The van der Waals surface area contributed by atoms with Crippen LogP contribution in [0.15, 0.2) is 0 Å². The lowest BCUT2D eigenvalue weighted by Gasteiger charge is -2.36. The summed E-state index contributed by atoms with van der Waals surface area (Å²) in [5.41, 5.74) is 0. The van der Waals surface area contributed by atoms with Gasteiger partial charge in [0.05, 0.1) is 0 Å². The van der Waals surface area contributed by atoms with Crippen molar-refractivity contribution < 1.29 is 0 Å². The van der Waals surface area contributed by atoms with E-state index in [9.17, 15) is 0 Å². The van der Waals surface area contributed by atoms with Gasteiger partial charge in [-0.05, 0) is 52.6 Å². The van der Waals surface area contributed by atoms with Crippen LogP contribution in [0.2, 0.25) is 0 Å². The first-order valence-electron chi connectivity index (χ1n) is 9.67. The average molecular weight is 297 g/mol. The Labute approximate surface area is 134 Å². The number of unbranched alkanes of at least 4 members (excludes halogenated alkanes) is 4. The fourth-order valence-electron chi connectivity index (χ4n) is 3.51. The smallest absolute Gasteiger partial charge is 0.00940 e. The van der Waals surface area contributed by atoms with Crippen molar-refractivity contribution in [1.82, 2.24) is 10.2 Å². The highest BCUT2D eigenvalue weighted by Crippen LogP contribution is 2.17. The van der Waals surface area contributed by atoms with E-state index in [4.69, 9.17) is 0 Å². The third-order valence-corrected chi connectivity index (χ3v) is 5.04. The highest BCUT2D eigenvalue weighted by molar-refractivity contribution is 4.82. The van der Waals surface area contributed by atoms with Crippen LogP contribution < -0.4 is 5.32 Å². The van der Waals surface area contributed by atoms with Crippen LogP contribution in [0.4, 0.5) is 0 Å². The van der Waals surface area contributed by atoms with Gasteiger partial charge in [-0.1, -0.05) is 52.4 Å². The van der Waals surface area contributed by atoms with Crippen molar-refractivity contribution in [1.29, 1.82) is 0 Å². The Hall–Kier alpha value is -0.0800. The summed E-state index contributed by atoms with van der Waals surface area (Å²) in [6, 6.07) is 2.27. The molecule has 0 unspecified atom stereocenters. The van der Waals surface area contributed by atoms with Crippen LogP contribution in [0.25, 0.3) is 0 Å². The van der Waals surface area contributed by atoms with E-state index in [1.54, 1.807) is 0 Å². The second-order valence-corrected chi connectivity index (χ2v) is 7.26. The molecular formula is C19H40N2. The van der Waals surface area contributed by atoms with Gasteiger partial charge in [0.25, 0.3) is 0 Å². The van der Waals surface area contributed by atoms with Crippen LogP contribution in [0.3, 0.4) is 0 Å². The molecule has 1 heterocycles. The van der Waals surface area contributed by atoms with E-state index in [1.165, 1.54) is 77.3 Å². The van der Waals surface area contributed by atoms with Gasteiger partial charge in [0, 0.05) is 18.1 Å². The summed E-state index contributed by atoms with van der Waals surface area (Å²) in [7, 11) is 0. The van der Waals surface area contributed by atoms with Crippen molar-refractivity contribution in [3.8, 4) is 0 Å². The summed E-state index contributed by atoms with van der Waals surface area (Å²) < 4.78 is 0. The molecule has 1 saturated heterocycles. The molecule has 1 N–H and O–H groups in total. The maximum absolute atomic E-state index is 4.01. The van der Waals surface area contributed by atoms with Gasteiger partial charge in [-0.25, -0.2) is 0 Å². The topological polar surface area (TPSA) is 15.3 Å². The highest BCUT2D eigenvalue weighted by atomic mass is 15.2. The van der Waals surface area contributed by atoms with Gasteiger partial charge in [0.1, 0.15) is 0 Å². The Morgan fingerprint density at radius 3 is 1.86 bits per heavy atom. The van der Waals surface area contributed by atoms with E-state index >= 15 is 0 Å². The first kappa shape index (κ1) is 19.0. The Balaban J connectivity index is 2.30. The summed E-state index contributed by atoms with van der Waals surface area (Å²) in [5, 5.41) is 4.01. The molecule has 0 amide bonds. The number of nitrogens with one attached hydrogen (secondary N) is 1. The lowest BCUT2D eigenvalue weighted by atomic mass is 9.97. The Morgan fingerprint density at radius 1 is 0.905 bits per heavy atom. The summed E-state index contributed by atoms with van der Waals surface area (Å²) in [6.07, 6.45) is 13.8. The zero-order chi connectivity index (χ0) is 15.5. The van der Waals surface area contributed by atoms with Crippen LogP contribution in [0.1, 0.15) is 91.9 Å². The zero-order valence-corrected chi connectivity index (χ0v) is 15.2. The summed E-state index contributed by atoms with van der Waals surface area (Å²) in [4.78, 5) is 2.63. The Kier molecular flexibility index (Phi) is 10.4. The van der Waals surface area contributed by atoms with Crippen molar-refractivity contribution >= 4 is 0 Å². The molecule has 0 saturated carbocycles. The van der Waals surface area contributed by atoms with Crippen molar-refractivity contribution in [2.75, 3.05) is 13.1 Å². The van der Waals surface area contributed by atoms with Crippen molar-refractivity contribution in [3.05, 3.63) is 0 Å². The number of hydrogen-bond donors (Lipinski definition) is 1. The number of hydrogen-bond acceptors (Lipinski definition) is 2. The van der Waals surface area contributed by atoms with Crippen LogP contribution in [0, 0.1) is 0 Å². The predicted octanol–water partition coefficient (Wildman–Crippen LogP) is 4.98. The normalized spacial score (nSPS) is 18.0. The molecule has 0 aromatic heterocycles. The quantitative estimate of drug-likeness (QED) is 0.541. The second kappa shape index (κ2) is 11.5. The third kappa shape index (κ3) is 8.21. The SMILES string of the molecule is CCCCCC(CCCCC)NC1CCN(C(C)C)CC1. The molecule has 0 atom stereocenters. The summed E-state index contributed by atoms with van der Waals surface area (Å²) in [6.45, 7) is 11.8. The molecule has 0 aromatic rings. The Morgan fingerprint density at radius 2 is 1.43 bits per heavy atom. The average Bonchev–Trinajstić information content (AvgIpc) is 2.48. The molecule has 0 spiro atoms. The predicted molar refractivity (Wildman–Crippen MR) is 94.9 cm³/mol. The largest absolute Gasteiger partial charge is 0.311 e. The monoisotopic (exact) mass is 296 g/mol. The standard InChI is InChI=1S/C19H40N2/c1-5-7-9-11-18(12-10-8-6-2)20-19-13-15-21(16-14-19)17(3)4/h17-20H,5-16H2,1-4H3. The van der Waals surface area contributed by atoms with Gasteiger partial charge in [0.2, 0.25) is 0 Å². The van der Waals surface area contributed by atoms with Gasteiger partial charge in [-0.2, -0.15) is 0 Å². The van der Waals surface area contributed by atoms with E-state index < -0.39 is 0 Å². The third-order valence-electron chi connectivity index (χ3n) is 5.04. The van der Waals surface area contributed by atoms with Crippen LogP contribution >= 0.6 is 0 Å². The second-order valence-electron chi connectivity index (χ2n) is 7.26. The van der Waals surface area contributed by atoms with Gasteiger partial charge < -0.3 is 10.2 Å². The molecule has 0 bridgehead atoms. The highest BCUT2D eigenvalue weighted by Gasteiger charge is 2.22. The summed E-state index contributed by atoms with van der Waals surface area (Å²) >= 11 is 0. The van der Waals surface area contributed by atoms with Crippen LogP contribution in [-0.4, -0.2) is 36.1 Å². The molecule has 1 fully saturated rings. The number of piperidine rings is 1. The lowest BCUT2D eigenvalue weighted by molar-refractivity contribution is 0.154. The molecular weight excluding hydrogens is 256 g/mol. The van der Waals surface area contributed by atoms with E-state index in [0.717, 1.165) is 18.1 Å². The van der Waals surface area contributed by atoms with Gasteiger partial charge in [0.15, 0.2) is 0 Å². The van der Waals surface area contributed by atoms with E-state index in [-0.39, 0.29) is 0 Å². The van der Waals surface area contributed by atoms with Gasteiger partial charge in [-0.15, -0.1) is 0 Å². The lowest BCUT2D eigenvalue weighted by Crippen LogP contribution is -2.47. The molecule has 126 valence electrons. The van der Waals surface area contributed by atoms with E-state index in [2.05, 4.69) is 37.9 Å².